The molecule has 1 heterocycles. The highest BCUT2D eigenvalue weighted by Gasteiger charge is 2.37. The number of amides is 1. The van der Waals surface area contributed by atoms with Crippen LogP contribution in [0.1, 0.15) is 17.9 Å². The number of piperidine rings is 1. The smallest absolute Gasteiger partial charge is 0.308 e. The molecule has 1 N–H and O–H groups in total. The van der Waals surface area contributed by atoms with Crippen molar-refractivity contribution in [3.8, 4) is 0 Å². The minimum atomic E-state index is -0.927. The largest absolute Gasteiger partial charge is 0.481 e. The fourth-order valence-electron chi connectivity index (χ4n) is 2.32. The molecule has 1 saturated heterocycles. The van der Waals surface area contributed by atoms with E-state index in [0.29, 0.717) is 5.56 Å². The third-order valence-corrected chi connectivity index (χ3v) is 3.39. The Hall–Kier alpha value is -1.91. The molecule has 1 aromatic rings. The molecule has 1 aromatic carbocycles. The van der Waals surface area contributed by atoms with Crippen LogP contribution in [-0.4, -0.2) is 35.5 Å². The molecule has 1 aliphatic rings. The van der Waals surface area contributed by atoms with Gasteiger partial charge in [0, 0.05) is 25.9 Å². The second kappa shape index (κ2) is 4.76. The van der Waals surface area contributed by atoms with Gasteiger partial charge in [0.2, 0.25) is 5.91 Å². The van der Waals surface area contributed by atoms with Crippen molar-refractivity contribution in [1.82, 2.24) is 4.90 Å². The Labute approximate surface area is 104 Å². The van der Waals surface area contributed by atoms with Gasteiger partial charge in [-0.05, 0) is 17.7 Å². The topological polar surface area (TPSA) is 57.6 Å². The van der Waals surface area contributed by atoms with Gasteiger partial charge < -0.3 is 10.0 Å². The molecule has 0 aliphatic carbocycles. The average molecular weight is 251 g/mol. The van der Waals surface area contributed by atoms with Gasteiger partial charge in [0.25, 0.3) is 0 Å². The summed E-state index contributed by atoms with van der Waals surface area (Å²) < 4.78 is 12.9. The highest BCUT2D eigenvalue weighted by molar-refractivity contribution is 5.82. The summed E-state index contributed by atoms with van der Waals surface area (Å²) in [6.45, 7) is 0.191. The number of hydrogen-bond donors (Lipinski definition) is 1. The highest BCUT2D eigenvalue weighted by atomic mass is 19.1. The number of nitrogens with zero attached hydrogens (tertiary/aromatic N) is 1. The van der Waals surface area contributed by atoms with Gasteiger partial charge >= 0.3 is 5.97 Å². The van der Waals surface area contributed by atoms with Crippen LogP contribution < -0.4 is 0 Å². The molecule has 1 amide bonds. The van der Waals surface area contributed by atoms with Crippen LogP contribution in [0, 0.1) is 11.7 Å². The Morgan fingerprint density at radius 1 is 1.39 bits per heavy atom. The molecule has 4 nitrogen and oxygen atoms in total. The molecule has 0 aromatic heterocycles. The fourth-order valence-corrected chi connectivity index (χ4v) is 2.32. The summed E-state index contributed by atoms with van der Waals surface area (Å²) in [7, 11) is 1.60. The average Bonchev–Trinajstić information content (AvgIpc) is 2.33. The first-order valence-corrected chi connectivity index (χ1v) is 5.71. The van der Waals surface area contributed by atoms with Crippen LogP contribution in [0.4, 0.5) is 4.39 Å². The number of likely N-dealkylation sites (tertiary alicyclic amines) is 1. The van der Waals surface area contributed by atoms with Crippen LogP contribution in [0.5, 0.6) is 0 Å². The highest BCUT2D eigenvalue weighted by Crippen LogP contribution is 2.33. The SMILES string of the molecule is CN1C[C@H](C(=O)O)[C@@H](c2ccc(F)cc2)CC1=O. The lowest BCUT2D eigenvalue weighted by atomic mass is 9.80. The second-order valence-corrected chi connectivity index (χ2v) is 4.58. The van der Waals surface area contributed by atoms with Crippen molar-refractivity contribution in [2.24, 2.45) is 5.92 Å². The number of halogens is 1. The molecule has 0 saturated carbocycles. The lowest BCUT2D eigenvalue weighted by Gasteiger charge is -2.34. The van der Waals surface area contributed by atoms with Crippen LogP contribution in [0.15, 0.2) is 24.3 Å². The van der Waals surface area contributed by atoms with Crippen molar-refractivity contribution in [2.45, 2.75) is 12.3 Å². The Bertz CT molecular complexity index is 472. The van der Waals surface area contributed by atoms with Crippen molar-refractivity contribution in [3.05, 3.63) is 35.6 Å². The van der Waals surface area contributed by atoms with Gasteiger partial charge in [-0.2, -0.15) is 0 Å². The van der Waals surface area contributed by atoms with E-state index >= 15 is 0 Å². The van der Waals surface area contributed by atoms with Gasteiger partial charge in [0.05, 0.1) is 5.92 Å². The quantitative estimate of drug-likeness (QED) is 0.866. The molecule has 2 rings (SSSR count). The summed E-state index contributed by atoms with van der Waals surface area (Å²) in [5, 5.41) is 9.22. The van der Waals surface area contributed by atoms with Crippen molar-refractivity contribution in [2.75, 3.05) is 13.6 Å². The normalized spacial score (nSPS) is 24.1. The molecular formula is C13H14FNO3. The van der Waals surface area contributed by atoms with E-state index in [1.807, 2.05) is 0 Å². The summed E-state index contributed by atoms with van der Waals surface area (Å²) in [4.78, 5) is 24.3. The molecule has 0 bridgehead atoms. The van der Waals surface area contributed by atoms with E-state index in [-0.39, 0.29) is 30.6 Å². The summed E-state index contributed by atoms with van der Waals surface area (Å²) in [6.07, 6.45) is 0.152. The molecule has 2 atom stereocenters. The Morgan fingerprint density at radius 3 is 2.56 bits per heavy atom. The van der Waals surface area contributed by atoms with Crippen molar-refractivity contribution < 1.29 is 19.1 Å². The number of carboxylic acids is 1. The van der Waals surface area contributed by atoms with E-state index in [1.165, 1.54) is 17.0 Å². The summed E-state index contributed by atoms with van der Waals surface area (Å²) >= 11 is 0. The predicted molar refractivity (Wildman–Crippen MR) is 62.5 cm³/mol. The van der Waals surface area contributed by atoms with Gasteiger partial charge in [-0.3, -0.25) is 9.59 Å². The molecule has 0 unspecified atom stereocenters. The van der Waals surface area contributed by atoms with E-state index < -0.39 is 11.9 Å². The van der Waals surface area contributed by atoms with Gasteiger partial charge in [-0.15, -0.1) is 0 Å². The minimum absolute atomic E-state index is 0.0816. The van der Waals surface area contributed by atoms with Gasteiger partial charge in [-0.25, -0.2) is 4.39 Å². The summed E-state index contributed by atoms with van der Waals surface area (Å²) in [6, 6.07) is 5.68. The zero-order valence-electron chi connectivity index (χ0n) is 9.97. The van der Waals surface area contributed by atoms with Gasteiger partial charge in [0.1, 0.15) is 5.82 Å². The monoisotopic (exact) mass is 251 g/mol. The van der Waals surface area contributed by atoms with E-state index in [2.05, 4.69) is 0 Å². The van der Waals surface area contributed by atoms with Crippen molar-refractivity contribution in [1.29, 1.82) is 0 Å². The molecule has 1 fully saturated rings. The zero-order chi connectivity index (χ0) is 13.3. The number of carbonyl (C=O) groups excluding carboxylic acids is 1. The number of carbonyl (C=O) groups is 2. The minimum Gasteiger partial charge on any atom is -0.481 e. The zero-order valence-corrected chi connectivity index (χ0v) is 9.97. The van der Waals surface area contributed by atoms with Gasteiger partial charge in [0.15, 0.2) is 0 Å². The molecule has 0 radical (unpaired) electrons. The lowest BCUT2D eigenvalue weighted by Crippen LogP contribution is -2.44. The summed E-state index contributed by atoms with van der Waals surface area (Å²) in [5.74, 6) is -2.40. The van der Waals surface area contributed by atoms with E-state index in [1.54, 1.807) is 19.2 Å². The third-order valence-electron chi connectivity index (χ3n) is 3.39. The second-order valence-electron chi connectivity index (χ2n) is 4.58. The van der Waals surface area contributed by atoms with Crippen LogP contribution in [0.2, 0.25) is 0 Å². The number of rotatable bonds is 2. The molecule has 1 aliphatic heterocycles. The van der Waals surface area contributed by atoms with Crippen LogP contribution >= 0.6 is 0 Å². The van der Waals surface area contributed by atoms with Crippen molar-refractivity contribution >= 4 is 11.9 Å². The number of aliphatic carboxylic acids is 1. The first kappa shape index (κ1) is 12.5. The lowest BCUT2D eigenvalue weighted by molar-refractivity contribution is -0.147. The van der Waals surface area contributed by atoms with Crippen LogP contribution in [-0.2, 0) is 9.59 Å². The molecule has 5 heteroatoms. The number of carboxylic acid groups (broad SMARTS) is 1. The first-order chi connectivity index (χ1) is 8.49. The van der Waals surface area contributed by atoms with E-state index in [0.717, 1.165) is 0 Å². The predicted octanol–water partition coefficient (Wildman–Crippen LogP) is 1.47. The fraction of sp³-hybridized carbons (Fsp3) is 0.385. The molecule has 18 heavy (non-hydrogen) atoms. The van der Waals surface area contributed by atoms with Gasteiger partial charge in [-0.1, -0.05) is 12.1 Å². The standard InChI is InChI=1S/C13H14FNO3/c1-15-7-11(13(17)18)10(6-12(15)16)8-2-4-9(14)5-3-8/h2-5,10-11H,6-7H2,1H3,(H,17,18)/t10-,11+/m1/s1. The Balaban J connectivity index is 2.30. The van der Waals surface area contributed by atoms with E-state index in [9.17, 15) is 19.1 Å². The summed E-state index contributed by atoms with van der Waals surface area (Å²) in [5.41, 5.74) is 0.699. The van der Waals surface area contributed by atoms with E-state index in [4.69, 9.17) is 0 Å². The maximum Gasteiger partial charge on any atom is 0.308 e. The van der Waals surface area contributed by atoms with Crippen molar-refractivity contribution in [3.63, 3.8) is 0 Å². The Kier molecular flexibility index (Phi) is 3.32. The first-order valence-electron chi connectivity index (χ1n) is 5.71. The van der Waals surface area contributed by atoms with Crippen LogP contribution in [0.25, 0.3) is 0 Å². The maximum absolute atomic E-state index is 12.9. The number of hydrogen-bond acceptors (Lipinski definition) is 2. The van der Waals surface area contributed by atoms with Crippen LogP contribution in [0.3, 0.4) is 0 Å². The third kappa shape index (κ3) is 2.34. The maximum atomic E-state index is 12.9. The molecular weight excluding hydrogens is 237 g/mol. The Morgan fingerprint density at radius 2 is 2.00 bits per heavy atom. The molecule has 96 valence electrons. The molecule has 0 spiro atoms. The number of benzene rings is 1.